The van der Waals surface area contributed by atoms with E-state index in [2.05, 4.69) is 24.3 Å². The largest absolute Gasteiger partial charge is 0.350 e. The molecule has 0 saturated carbocycles. The van der Waals surface area contributed by atoms with Gasteiger partial charge in [0, 0.05) is 13.0 Å². The van der Waals surface area contributed by atoms with Crippen LogP contribution in [0.1, 0.15) is 38.4 Å². The lowest BCUT2D eigenvalue weighted by molar-refractivity contribution is -0.0534. The summed E-state index contributed by atoms with van der Waals surface area (Å²) in [5.74, 6) is 0. The van der Waals surface area contributed by atoms with Gasteiger partial charge in [-0.3, -0.25) is 4.68 Å². The van der Waals surface area contributed by atoms with E-state index in [-0.39, 0.29) is 12.3 Å². The average molecular weight is 288 g/mol. The molecule has 1 aromatic rings. The Morgan fingerprint density at radius 2 is 2.21 bits per heavy atom. The Hall–Kier alpha value is -0.620. The van der Waals surface area contributed by atoms with Crippen molar-refractivity contribution >= 4 is 11.6 Å². The van der Waals surface area contributed by atoms with E-state index in [0.29, 0.717) is 18.2 Å². The van der Waals surface area contributed by atoms with Crippen LogP contribution < -0.4 is 5.32 Å². The van der Waals surface area contributed by atoms with Gasteiger partial charge in [-0.1, -0.05) is 18.5 Å². The van der Waals surface area contributed by atoms with Crippen LogP contribution in [0.15, 0.2) is 6.20 Å². The van der Waals surface area contributed by atoms with Crippen LogP contribution in [0.2, 0.25) is 5.02 Å². The molecule has 1 N–H and O–H groups in total. The molecule has 0 aliphatic carbocycles. The Morgan fingerprint density at radius 1 is 1.47 bits per heavy atom. The molecule has 5 nitrogen and oxygen atoms in total. The molecule has 1 atom stereocenters. The van der Waals surface area contributed by atoms with Gasteiger partial charge in [-0.2, -0.15) is 5.10 Å². The number of ether oxygens (including phenoxy) is 2. The van der Waals surface area contributed by atoms with Gasteiger partial charge in [-0.05, 0) is 19.9 Å². The van der Waals surface area contributed by atoms with Crippen molar-refractivity contribution in [3.8, 4) is 0 Å². The number of aryl methyl sites for hydroxylation is 1. The van der Waals surface area contributed by atoms with Crippen molar-refractivity contribution in [1.29, 1.82) is 0 Å². The second kappa shape index (κ2) is 7.24. The molecule has 1 aromatic heterocycles. The summed E-state index contributed by atoms with van der Waals surface area (Å²) in [4.78, 5) is 0. The molecule has 2 heterocycles. The second-order valence-electron chi connectivity index (χ2n) is 4.61. The molecule has 6 heteroatoms. The van der Waals surface area contributed by atoms with E-state index in [1.54, 1.807) is 6.20 Å². The topological polar surface area (TPSA) is 48.3 Å². The monoisotopic (exact) mass is 287 g/mol. The summed E-state index contributed by atoms with van der Waals surface area (Å²) >= 11 is 6.28. The molecule has 1 aliphatic rings. The highest BCUT2D eigenvalue weighted by atomic mass is 35.5. The number of nitrogens with one attached hydrogen (secondary N) is 1. The van der Waals surface area contributed by atoms with Gasteiger partial charge >= 0.3 is 0 Å². The molecule has 2 rings (SSSR count). The Kier molecular flexibility index (Phi) is 5.63. The number of aromatic nitrogens is 2. The van der Waals surface area contributed by atoms with Gasteiger partial charge in [0.2, 0.25) is 0 Å². The van der Waals surface area contributed by atoms with Crippen LogP contribution in [0.25, 0.3) is 0 Å². The first-order valence-electron chi connectivity index (χ1n) is 6.94. The molecule has 1 aliphatic heterocycles. The van der Waals surface area contributed by atoms with Crippen LogP contribution in [0.4, 0.5) is 0 Å². The Bertz CT molecular complexity index is 391. The van der Waals surface area contributed by atoms with Crippen LogP contribution in [0.5, 0.6) is 0 Å². The fourth-order valence-corrected chi connectivity index (χ4v) is 2.59. The van der Waals surface area contributed by atoms with Gasteiger partial charge in [0.25, 0.3) is 0 Å². The maximum absolute atomic E-state index is 6.28. The van der Waals surface area contributed by atoms with Crippen molar-refractivity contribution in [3.05, 3.63) is 16.9 Å². The fraction of sp³-hybridized carbons (Fsp3) is 0.769. The summed E-state index contributed by atoms with van der Waals surface area (Å²) in [5.41, 5.74) is 1.02. The maximum Gasteiger partial charge on any atom is 0.159 e. The zero-order valence-electron chi connectivity index (χ0n) is 11.6. The first kappa shape index (κ1) is 14.8. The summed E-state index contributed by atoms with van der Waals surface area (Å²) in [5, 5.41) is 8.51. The first-order chi connectivity index (χ1) is 9.26. The van der Waals surface area contributed by atoms with E-state index >= 15 is 0 Å². The molecule has 0 bridgehead atoms. The van der Waals surface area contributed by atoms with Gasteiger partial charge < -0.3 is 14.8 Å². The highest BCUT2D eigenvalue weighted by molar-refractivity contribution is 6.31. The molecule has 1 saturated heterocycles. The van der Waals surface area contributed by atoms with Crippen molar-refractivity contribution in [2.24, 2.45) is 0 Å². The van der Waals surface area contributed by atoms with Crippen LogP contribution >= 0.6 is 11.6 Å². The molecular formula is C13H22ClN3O2. The molecular weight excluding hydrogens is 266 g/mol. The first-order valence-corrected chi connectivity index (χ1v) is 7.31. The van der Waals surface area contributed by atoms with E-state index in [1.807, 2.05) is 4.68 Å². The molecule has 0 aromatic carbocycles. The van der Waals surface area contributed by atoms with Crippen molar-refractivity contribution in [2.45, 2.75) is 45.6 Å². The SMILES string of the molecule is CCCNC(CC1OCCO1)c1c(Cl)cnn1CC. The summed E-state index contributed by atoms with van der Waals surface area (Å²) in [6.45, 7) is 7.29. The minimum Gasteiger partial charge on any atom is -0.350 e. The van der Waals surface area contributed by atoms with Gasteiger partial charge in [-0.15, -0.1) is 0 Å². The molecule has 0 radical (unpaired) electrons. The summed E-state index contributed by atoms with van der Waals surface area (Å²) < 4.78 is 13.0. The lowest BCUT2D eigenvalue weighted by Crippen LogP contribution is -2.29. The van der Waals surface area contributed by atoms with Crippen molar-refractivity contribution in [3.63, 3.8) is 0 Å². The van der Waals surface area contributed by atoms with Crippen molar-refractivity contribution in [2.75, 3.05) is 19.8 Å². The zero-order chi connectivity index (χ0) is 13.7. The predicted octanol–water partition coefficient (Wildman–Crippen LogP) is 2.36. The minimum absolute atomic E-state index is 0.109. The lowest BCUT2D eigenvalue weighted by atomic mass is 10.1. The van der Waals surface area contributed by atoms with E-state index in [4.69, 9.17) is 21.1 Å². The summed E-state index contributed by atoms with van der Waals surface area (Å²) in [7, 11) is 0. The van der Waals surface area contributed by atoms with Gasteiger partial charge in [0.1, 0.15) is 0 Å². The Labute approximate surface area is 119 Å². The van der Waals surface area contributed by atoms with Crippen LogP contribution in [0, 0.1) is 0 Å². The van der Waals surface area contributed by atoms with E-state index in [9.17, 15) is 0 Å². The molecule has 1 unspecified atom stereocenters. The standard InChI is InChI=1S/C13H22ClN3O2/c1-3-5-15-11(8-12-18-6-7-19-12)13-10(14)9-16-17(13)4-2/h9,11-12,15H,3-8H2,1-2H3. The minimum atomic E-state index is -0.148. The highest BCUT2D eigenvalue weighted by Gasteiger charge is 2.26. The second-order valence-corrected chi connectivity index (χ2v) is 5.01. The van der Waals surface area contributed by atoms with Crippen LogP contribution in [-0.4, -0.2) is 35.8 Å². The van der Waals surface area contributed by atoms with Gasteiger partial charge in [0.05, 0.1) is 36.2 Å². The quantitative estimate of drug-likeness (QED) is 0.836. The third kappa shape index (κ3) is 3.69. The van der Waals surface area contributed by atoms with Crippen LogP contribution in [-0.2, 0) is 16.0 Å². The molecule has 0 amide bonds. The number of nitrogens with zero attached hydrogens (tertiary/aromatic N) is 2. The third-order valence-corrected chi connectivity index (χ3v) is 3.51. The lowest BCUT2D eigenvalue weighted by Gasteiger charge is -2.22. The number of halogens is 1. The third-order valence-electron chi connectivity index (χ3n) is 3.22. The smallest absolute Gasteiger partial charge is 0.159 e. The average Bonchev–Trinajstić information content (AvgIpc) is 3.04. The van der Waals surface area contributed by atoms with E-state index in [1.165, 1.54) is 0 Å². The van der Waals surface area contributed by atoms with Gasteiger partial charge in [0.15, 0.2) is 6.29 Å². The predicted molar refractivity (Wildman–Crippen MR) is 74.3 cm³/mol. The zero-order valence-corrected chi connectivity index (χ0v) is 12.3. The fourth-order valence-electron chi connectivity index (χ4n) is 2.32. The molecule has 1 fully saturated rings. The van der Waals surface area contributed by atoms with Gasteiger partial charge in [-0.25, -0.2) is 0 Å². The summed E-state index contributed by atoms with van der Waals surface area (Å²) in [6, 6.07) is 0.109. The van der Waals surface area contributed by atoms with Crippen molar-refractivity contribution in [1.82, 2.24) is 15.1 Å². The van der Waals surface area contributed by atoms with E-state index in [0.717, 1.165) is 31.6 Å². The Balaban J connectivity index is 2.12. The molecule has 108 valence electrons. The van der Waals surface area contributed by atoms with Crippen LogP contribution in [0.3, 0.4) is 0 Å². The summed E-state index contributed by atoms with van der Waals surface area (Å²) in [6.07, 6.45) is 3.38. The van der Waals surface area contributed by atoms with Crippen molar-refractivity contribution < 1.29 is 9.47 Å². The maximum atomic E-state index is 6.28. The molecule has 19 heavy (non-hydrogen) atoms. The number of hydrogen-bond acceptors (Lipinski definition) is 4. The number of hydrogen-bond donors (Lipinski definition) is 1. The van der Waals surface area contributed by atoms with E-state index < -0.39 is 0 Å². The molecule has 0 spiro atoms. The highest BCUT2D eigenvalue weighted by Crippen LogP contribution is 2.28. The normalized spacial score (nSPS) is 18.1. The number of rotatable bonds is 7. The Morgan fingerprint density at radius 3 is 2.84 bits per heavy atom.